The highest BCUT2D eigenvalue weighted by atomic mass is 32.2. The zero-order valence-corrected chi connectivity index (χ0v) is 16.6. The molecule has 4 rings (SSSR count). The van der Waals surface area contributed by atoms with Crippen LogP contribution in [0.5, 0.6) is 0 Å². The molecule has 1 aromatic carbocycles. The molecule has 0 aliphatic carbocycles. The van der Waals surface area contributed by atoms with Gasteiger partial charge in [0, 0.05) is 50.0 Å². The first-order valence-corrected chi connectivity index (χ1v) is 10.7. The van der Waals surface area contributed by atoms with Crippen LogP contribution >= 0.6 is 11.8 Å². The molecule has 3 heterocycles. The Kier molecular flexibility index (Phi) is 5.43. The Labute approximate surface area is 160 Å². The zero-order valence-electron chi connectivity index (χ0n) is 15.8. The third-order valence-electron chi connectivity index (χ3n) is 6.07. The summed E-state index contributed by atoms with van der Waals surface area (Å²) in [5, 5.41) is 1.33. The second kappa shape index (κ2) is 7.79. The summed E-state index contributed by atoms with van der Waals surface area (Å²) in [6.07, 6.45) is 3.96. The molecule has 1 saturated heterocycles. The van der Waals surface area contributed by atoms with Gasteiger partial charge in [-0.3, -0.25) is 9.63 Å². The molecule has 1 aromatic rings. The first-order chi connectivity index (χ1) is 12.7. The van der Waals surface area contributed by atoms with Crippen LogP contribution in [0.2, 0.25) is 0 Å². The number of piperidine rings is 1. The molecule has 0 unspecified atom stereocenters. The molecule has 26 heavy (non-hydrogen) atoms. The van der Waals surface area contributed by atoms with Crippen molar-refractivity contribution in [2.45, 2.75) is 42.5 Å². The fraction of sp³-hybridized carbons (Fsp3) is 0.650. The van der Waals surface area contributed by atoms with E-state index in [1.807, 2.05) is 11.8 Å². The van der Waals surface area contributed by atoms with Gasteiger partial charge in [-0.05, 0) is 43.2 Å². The minimum atomic E-state index is 0.0589. The Morgan fingerprint density at radius 1 is 1.38 bits per heavy atom. The van der Waals surface area contributed by atoms with Gasteiger partial charge >= 0.3 is 0 Å². The molecular formula is C20H29N3O2S. The summed E-state index contributed by atoms with van der Waals surface area (Å²) >= 11 is 2.03. The van der Waals surface area contributed by atoms with Crippen molar-refractivity contribution in [3.8, 4) is 0 Å². The molecule has 0 bridgehead atoms. The first-order valence-electron chi connectivity index (χ1n) is 9.74. The van der Waals surface area contributed by atoms with E-state index >= 15 is 0 Å². The van der Waals surface area contributed by atoms with Crippen molar-refractivity contribution < 1.29 is 9.63 Å². The van der Waals surface area contributed by atoms with Crippen molar-refractivity contribution in [1.29, 1.82) is 0 Å². The maximum atomic E-state index is 11.9. The average Bonchev–Trinajstić information content (AvgIpc) is 2.82. The summed E-state index contributed by atoms with van der Waals surface area (Å²) in [6.45, 7) is 4.46. The largest absolute Gasteiger partial charge is 0.367 e. The minimum absolute atomic E-state index is 0.0589. The molecule has 0 N–H and O–H groups in total. The van der Waals surface area contributed by atoms with Gasteiger partial charge in [-0.15, -0.1) is 11.8 Å². The number of amides is 1. The maximum absolute atomic E-state index is 11.9. The summed E-state index contributed by atoms with van der Waals surface area (Å²) < 4.78 is 0. The summed E-state index contributed by atoms with van der Waals surface area (Å²) in [4.78, 5) is 23.6. The van der Waals surface area contributed by atoms with Crippen LogP contribution in [0, 0.1) is 0 Å². The maximum Gasteiger partial charge on any atom is 0.245 e. The lowest BCUT2D eigenvalue weighted by molar-refractivity contribution is -0.168. The van der Waals surface area contributed by atoms with Crippen LogP contribution in [0.15, 0.2) is 23.1 Å². The molecule has 5 nitrogen and oxygen atoms in total. The number of anilines is 1. The van der Waals surface area contributed by atoms with Crippen LogP contribution in [0.3, 0.4) is 0 Å². The van der Waals surface area contributed by atoms with E-state index in [1.54, 1.807) is 12.6 Å². The molecule has 1 fully saturated rings. The number of nitrogens with zero attached hydrogens (tertiary/aromatic N) is 3. The third-order valence-corrected chi connectivity index (χ3v) is 7.20. The van der Waals surface area contributed by atoms with Crippen LogP contribution < -0.4 is 4.90 Å². The molecule has 6 heteroatoms. The Morgan fingerprint density at radius 2 is 2.27 bits per heavy atom. The average molecular weight is 376 g/mol. The number of thioether (sulfide) groups is 1. The van der Waals surface area contributed by atoms with Gasteiger partial charge in [0.25, 0.3) is 0 Å². The monoisotopic (exact) mass is 375 g/mol. The second-order valence-corrected chi connectivity index (χ2v) is 8.67. The Hall–Kier alpha value is -1.24. The van der Waals surface area contributed by atoms with Crippen molar-refractivity contribution in [1.82, 2.24) is 9.96 Å². The van der Waals surface area contributed by atoms with Crippen molar-refractivity contribution >= 4 is 23.4 Å². The van der Waals surface area contributed by atoms with Crippen LogP contribution in [-0.4, -0.2) is 68.0 Å². The predicted octanol–water partition coefficient (Wildman–Crippen LogP) is 2.96. The number of hydrogen-bond donors (Lipinski definition) is 0. The number of hydrogen-bond acceptors (Lipinski definition) is 5. The van der Waals surface area contributed by atoms with E-state index in [0.29, 0.717) is 18.4 Å². The number of rotatable bonds is 5. The fourth-order valence-corrected chi connectivity index (χ4v) is 5.76. The highest BCUT2D eigenvalue weighted by molar-refractivity contribution is 7.99. The molecule has 0 saturated carbocycles. The Bertz CT molecular complexity index is 668. The Morgan fingerprint density at radius 3 is 3.12 bits per heavy atom. The van der Waals surface area contributed by atoms with E-state index in [1.165, 1.54) is 47.9 Å². The van der Waals surface area contributed by atoms with Gasteiger partial charge in [-0.1, -0.05) is 12.1 Å². The van der Waals surface area contributed by atoms with Gasteiger partial charge in [0.1, 0.15) is 0 Å². The van der Waals surface area contributed by atoms with Crippen molar-refractivity contribution in [2.75, 3.05) is 51.0 Å². The summed E-state index contributed by atoms with van der Waals surface area (Å²) in [5.41, 5.74) is 3.09. The lowest BCUT2D eigenvalue weighted by atomic mass is 9.89. The van der Waals surface area contributed by atoms with Crippen LogP contribution in [0.4, 0.5) is 5.69 Å². The predicted molar refractivity (Wildman–Crippen MR) is 106 cm³/mol. The van der Waals surface area contributed by atoms with E-state index in [0.717, 1.165) is 26.1 Å². The quantitative estimate of drug-likeness (QED) is 0.740. The smallest absolute Gasteiger partial charge is 0.245 e. The van der Waals surface area contributed by atoms with Crippen molar-refractivity contribution in [3.05, 3.63) is 23.8 Å². The normalized spacial score (nSPS) is 24.8. The van der Waals surface area contributed by atoms with E-state index in [-0.39, 0.29) is 5.91 Å². The number of hydroxylamine groups is 2. The number of para-hydroxylation sites is 1. The van der Waals surface area contributed by atoms with Gasteiger partial charge in [-0.25, -0.2) is 5.06 Å². The lowest BCUT2D eigenvalue weighted by Crippen LogP contribution is -2.46. The number of carbonyl (C=O) groups excluding carboxylic acids is 1. The fourth-order valence-electron chi connectivity index (χ4n) is 4.72. The topological polar surface area (TPSA) is 36.0 Å². The van der Waals surface area contributed by atoms with E-state index in [4.69, 9.17) is 4.84 Å². The highest BCUT2D eigenvalue weighted by Crippen LogP contribution is 2.50. The van der Waals surface area contributed by atoms with Gasteiger partial charge < -0.3 is 9.80 Å². The van der Waals surface area contributed by atoms with Gasteiger partial charge in [0.05, 0.1) is 12.8 Å². The number of carbonyl (C=O) groups is 1. The van der Waals surface area contributed by atoms with Crippen LogP contribution in [-0.2, 0) is 9.63 Å². The number of likely N-dealkylation sites (tertiary alicyclic amines) is 1. The zero-order chi connectivity index (χ0) is 18.1. The van der Waals surface area contributed by atoms with Gasteiger partial charge in [0.2, 0.25) is 5.91 Å². The minimum Gasteiger partial charge on any atom is -0.367 e. The molecule has 0 spiro atoms. The molecule has 1 amide bonds. The first kappa shape index (κ1) is 18.1. The van der Waals surface area contributed by atoms with E-state index in [9.17, 15) is 4.79 Å². The van der Waals surface area contributed by atoms with Crippen LogP contribution in [0.1, 0.15) is 37.2 Å². The molecule has 3 aliphatic rings. The molecule has 3 aliphatic heterocycles. The Balaban J connectivity index is 1.41. The molecule has 0 radical (unpaired) electrons. The van der Waals surface area contributed by atoms with E-state index < -0.39 is 0 Å². The summed E-state index contributed by atoms with van der Waals surface area (Å²) in [5.74, 6) is 1.92. The second-order valence-electron chi connectivity index (χ2n) is 7.53. The third kappa shape index (κ3) is 3.35. The molecular weight excluding hydrogens is 346 g/mol. The SMILES string of the molecule is CON(C)C(=O)CCCN1CC[C@H]2[C@@H](C1)c1cccc3c1N2CCCS3. The molecule has 2 atom stereocenters. The standard InChI is InChI=1S/C20H29N3O2S/c1-21(25-2)19(24)8-4-10-22-12-9-17-16(14-22)15-6-3-7-18-20(15)23(17)11-5-13-26-18/h3,6-7,16-17H,4-5,8-14H2,1-2H3/t16-,17-/m0/s1. The van der Waals surface area contributed by atoms with Gasteiger partial charge in [-0.2, -0.15) is 0 Å². The lowest BCUT2D eigenvalue weighted by Gasteiger charge is -2.39. The summed E-state index contributed by atoms with van der Waals surface area (Å²) in [7, 11) is 3.21. The summed E-state index contributed by atoms with van der Waals surface area (Å²) in [6, 6.07) is 7.56. The number of fused-ring (bicyclic) bond motifs is 3. The van der Waals surface area contributed by atoms with Crippen molar-refractivity contribution in [2.24, 2.45) is 0 Å². The number of benzene rings is 1. The van der Waals surface area contributed by atoms with E-state index in [2.05, 4.69) is 28.0 Å². The molecule has 0 aromatic heterocycles. The van der Waals surface area contributed by atoms with Gasteiger partial charge in [0.15, 0.2) is 0 Å². The highest BCUT2D eigenvalue weighted by Gasteiger charge is 2.43. The van der Waals surface area contributed by atoms with Crippen LogP contribution in [0.25, 0.3) is 0 Å². The van der Waals surface area contributed by atoms with Crippen molar-refractivity contribution in [3.63, 3.8) is 0 Å². The molecule has 142 valence electrons.